The number of anilines is 1. The van der Waals surface area contributed by atoms with Crippen LogP contribution in [0.3, 0.4) is 0 Å². The van der Waals surface area contributed by atoms with E-state index in [-0.39, 0.29) is 29.4 Å². The predicted octanol–water partition coefficient (Wildman–Crippen LogP) is 4.22. The van der Waals surface area contributed by atoms with Gasteiger partial charge >= 0.3 is 0 Å². The number of hydrogen-bond donors (Lipinski definition) is 2. The molecule has 28 heavy (non-hydrogen) atoms. The van der Waals surface area contributed by atoms with Gasteiger partial charge in [0.2, 0.25) is 5.82 Å². The molecular formula is C21H21ClN4O2. The summed E-state index contributed by atoms with van der Waals surface area (Å²) >= 11 is 6.14. The first-order chi connectivity index (χ1) is 13.5. The largest absolute Gasteiger partial charge is 0.347 e. The highest BCUT2D eigenvalue weighted by Gasteiger charge is 2.24. The number of nitrogens with zero attached hydrogens (tertiary/aromatic N) is 2. The summed E-state index contributed by atoms with van der Waals surface area (Å²) in [6.45, 7) is 1.84. The number of hydrogen-bond acceptors (Lipinski definition) is 3. The lowest BCUT2D eigenvalue weighted by Gasteiger charge is -2.10. The van der Waals surface area contributed by atoms with Crippen molar-refractivity contribution in [1.29, 1.82) is 0 Å². The molecule has 0 saturated heterocycles. The van der Waals surface area contributed by atoms with E-state index >= 15 is 0 Å². The maximum Gasteiger partial charge on any atom is 0.287 e. The summed E-state index contributed by atoms with van der Waals surface area (Å²) < 4.78 is 1.66. The van der Waals surface area contributed by atoms with Crippen molar-refractivity contribution in [2.24, 2.45) is 0 Å². The summed E-state index contributed by atoms with van der Waals surface area (Å²) in [5, 5.41) is 6.46. The average Bonchev–Trinajstić information content (AvgIpc) is 3.33. The maximum atomic E-state index is 12.9. The minimum atomic E-state index is -0.381. The molecule has 7 heteroatoms. The van der Waals surface area contributed by atoms with E-state index in [9.17, 15) is 9.59 Å². The molecule has 0 radical (unpaired) electrons. The molecule has 2 heterocycles. The highest BCUT2D eigenvalue weighted by Crippen LogP contribution is 2.24. The number of rotatable bonds is 4. The molecule has 0 spiro atoms. The lowest BCUT2D eigenvalue weighted by molar-refractivity contribution is 0.0926. The molecule has 0 aliphatic heterocycles. The van der Waals surface area contributed by atoms with Gasteiger partial charge in [-0.3, -0.25) is 14.0 Å². The fraction of sp³-hybridized carbons (Fsp3) is 0.286. The van der Waals surface area contributed by atoms with Gasteiger partial charge in [-0.25, -0.2) is 4.98 Å². The van der Waals surface area contributed by atoms with Crippen LogP contribution in [-0.4, -0.2) is 27.2 Å². The summed E-state index contributed by atoms with van der Waals surface area (Å²) in [5.41, 5.74) is 2.18. The highest BCUT2D eigenvalue weighted by atomic mass is 35.5. The van der Waals surface area contributed by atoms with Crippen LogP contribution in [0.25, 0.3) is 5.52 Å². The first-order valence-electron chi connectivity index (χ1n) is 9.39. The molecule has 1 aromatic carbocycles. The topological polar surface area (TPSA) is 75.5 Å². The summed E-state index contributed by atoms with van der Waals surface area (Å²) in [6, 6.07) is 10.9. The molecule has 1 aliphatic rings. The molecule has 2 amide bonds. The van der Waals surface area contributed by atoms with E-state index in [4.69, 9.17) is 11.6 Å². The summed E-state index contributed by atoms with van der Waals surface area (Å²) in [4.78, 5) is 30.1. The standard InChI is InChI=1S/C21H21ClN4O2/c1-13-15(22)9-6-10-16(13)24-20(27)18-17-11-4-5-12-26(17)19(25-18)21(28)23-14-7-2-3-8-14/h4-6,9-12,14H,2-3,7-8H2,1H3,(H,23,28)(H,24,27). The smallest absolute Gasteiger partial charge is 0.287 e. The minimum absolute atomic E-state index is 0.176. The monoisotopic (exact) mass is 396 g/mol. The number of amides is 2. The number of fused-ring (bicyclic) bond motifs is 1. The molecular weight excluding hydrogens is 376 g/mol. The number of imidazole rings is 1. The van der Waals surface area contributed by atoms with Crippen LogP contribution in [0.2, 0.25) is 5.02 Å². The van der Waals surface area contributed by atoms with E-state index in [0.29, 0.717) is 16.2 Å². The minimum Gasteiger partial charge on any atom is -0.347 e. The first kappa shape index (κ1) is 18.5. The van der Waals surface area contributed by atoms with Gasteiger partial charge in [0.1, 0.15) is 0 Å². The van der Waals surface area contributed by atoms with Crippen LogP contribution >= 0.6 is 11.6 Å². The van der Waals surface area contributed by atoms with E-state index in [2.05, 4.69) is 15.6 Å². The molecule has 2 N–H and O–H groups in total. The summed E-state index contributed by atoms with van der Waals surface area (Å²) in [6.07, 6.45) is 5.96. The highest BCUT2D eigenvalue weighted by molar-refractivity contribution is 6.31. The fourth-order valence-corrected chi connectivity index (χ4v) is 3.78. The molecule has 0 unspecified atom stereocenters. The fourth-order valence-electron chi connectivity index (χ4n) is 3.61. The predicted molar refractivity (Wildman–Crippen MR) is 109 cm³/mol. The van der Waals surface area contributed by atoms with E-state index in [1.54, 1.807) is 34.9 Å². The Bertz CT molecular complexity index is 1050. The molecule has 144 valence electrons. The second-order valence-corrected chi connectivity index (χ2v) is 7.47. The van der Waals surface area contributed by atoms with Crippen molar-refractivity contribution in [3.05, 3.63) is 64.7 Å². The van der Waals surface area contributed by atoms with Crippen LogP contribution in [0, 0.1) is 6.92 Å². The molecule has 1 fully saturated rings. The zero-order chi connectivity index (χ0) is 19.7. The van der Waals surface area contributed by atoms with Crippen molar-refractivity contribution in [2.75, 3.05) is 5.32 Å². The van der Waals surface area contributed by atoms with Crippen molar-refractivity contribution >= 4 is 34.6 Å². The van der Waals surface area contributed by atoms with Crippen LogP contribution in [-0.2, 0) is 0 Å². The zero-order valence-corrected chi connectivity index (χ0v) is 16.3. The van der Waals surface area contributed by atoms with Gasteiger partial charge in [0.25, 0.3) is 11.8 Å². The summed E-state index contributed by atoms with van der Waals surface area (Å²) in [5.74, 6) is -0.421. The quantitative estimate of drug-likeness (QED) is 0.693. The third kappa shape index (κ3) is 3.47. The second-order valence-electron chi connectivity index (χ2n) is 7.06. The van der Waals surface area contributed by atoms with Gasteiger partial charge in [0.05, 0.1) is 5.52 Å². The number of carbonyl (C=O) groups is 2. The number of aromatic nitrogens is 2. The van der Waals surface area contributed by atoms with Gasteiger partial charge in [-0.1, -0.05) is 36.6 Å². The van der Waals surface area contributed by atoms with Crippen molar-refractivity contribution in [2.45, 2.75) is 38.6 Å². The number of pyridine rings is 1. The normalized spacial score (nSPS) is 14.4. The Kier molecular flexibility index (Phi) is 5.05. The maximum absolute atomic E-state index is 12.9. The van der Waals surface area contributed by atoms with E-state index in [1.807, 2.05) is 19.1 Å². The van der Waals surface area contributed by atoms with E-state index in [0.717, 1.165) is 31.2 Å². The van der Waals surface area contributed by atoms with Crippen molar-refractivity contribution in [3.63, 3.8) is 0 Å². The Morgan fingerprint density at radius 3 is 2.68 bits per heavy atom. The van der Waals surface area contributed by atoms with Crippen molar-refractivity contribution in [3.8, 4) is 0 Å². The van der Waals surface area contributed by atoms with Crippen LogP contribution in [0.5, 0.6) is 0 Å². The van der Waals surface area contributed by atoms with Gasteiger partial charge < -0.3 is 10.6 Å². The molecule has 1 saturated carbocycles. The number of halogens is 1. The van der Waals surface area contributed by atoms with Gasteiger partial charge in [-0.05, 0) is 49.6 Å². The molecule has 0 bridgehead atoms. The van der Waals surface area contributed by atoms with Gasteiger partial charge in [-0.2, -0.15) is 0 Å². The Hall–Kier alpha value is -2.86. The molecule has 4 rings (SSSR count). The lowest BCUT2D eigenvalue weighted by Crippen LogP contribution is -2.33. The molecule has 3 aromatic rings. The summed E-state index contributed by atoms with van der Waals surface area (Å²) in [7, 11) is 0. The molecule has 1 aliphatic carbocycles. The van der Waals surface area contributed by atoms with Gasteiger partial charge in [0, 0.05) is 22.9 Å². The van der Waals surface area contributed by atoms with Crippen LogP contribution in [0.1, 0.15) is 52.4 Å². The molecule has 2 aromatic heterocycles. The average molecular weight is 397 g/mol. The van der Waals surface area contributed by atoms with E-state index in [1.165, 1.54) is 0 Å². The van der Waals surface area contributed by atoms with Gasteiger partial charge in [-0.15, -0.1) is 0 Å². The second kappa shape index (κ2) is 7.64. The molecule has 0 atom stereocenters. The Morgan fingerprint density at radius 2 is 1.89 bits per heavy atom. The Labute approximate surface area is 167 Å². The Balaban J connectivity index is 1.66. The number of benzene rings is 1. The zero-order valence-electron chi connectivity index (χ0n) is 15.5. The molecule has 6 nitrogen and oxygen atoms in total. The first-order valence-corrected chi connectivity index (χ1v) is 9.77. The van der Waals surface area contributed by atoms with Crippen molar-refractivity contribution in [1.82, 2.24) is 14.7 Å². The van der Waals surface area contributed by atoms with E-state index < -0.39 is 0 Å². The van der Waals surface area contributed by atoms with Crippen LogP contribution < -0.4 is 10.6 Å². The van der Waals surface area contributed by atoms with Crippen LogP contribution in [0.15, 0.2) is 42.6 Å². The van der Waals surface area contributed by atoms with Crippen molar-refractivity contribution < 1.29 is 9.59 Å². The number of nitrogens with one attached hydrogen (secondary N) is 2. The number of carbonyl (C=O) groups excluding carboxylic acids is 2. The third-order valence-corrected chi connectivity index (χ3v) is 5.58. The van der Waals surface area contributed by atoms with Crippen LogP contribution in [0.4, 0.5) is 5.69 Å². The lowest BCUT2D eigenvalue weighted by atomic mass is 10.2. The van der Waals surface area contributed by atoms with Gasteiger partial charge in [0.15, 0.2) is 5.69 Å². The Morgan fingerprint density at radius 1 is 1.11 bits per heavy atom. The SMILES string of the molecule is Cc1c(Cl)cccc1NC(=O)c1nc(C(=O)NC2CCCC2)n2ccccc12. The third-order valence-electron chi connectivity index (χ3n) is 5.17.